The van der Waals surface area contributed by atoms with Crippen LogP contribution in [0.3, 0.4) is 0 Å². The minimum Gasteiger partial charge on any atom is -0.0843 e. The fourth-order valence-electron chi connectivity index (χ4n) is 2.21. The molecule has 100 valence electrons. The number of hydrogen-bond donors (Lipinski definition) is 0. The van der Waals surface area contributed by atoms with Crippen LogP contribution in [0.1, 0.15) is 40.4 Å². The summed E-state index contributed by atoms with van der Waals surface area (Å²) in [4.78, 5) is 0.196. The van der Waals surface area contributed by atoms with Gasteiger partial charge in [0.15, 0.2) is 0 Å². The van der Waals surface area contributed by atoms with Gasteiger partial charge in [0, 0.05) is 5.02 Å². The number of benzene rings is 2. The van der Waals surface area contributed by atoms with Crippen LogP contribution in [0.5, 0.6) is 0 Å². The zero-order valence-electron chi connectivity index (χ0n) is 11.3. The Hall–Kier alpha value is -0.790. The molecule has 1 atom stereocenters. The molecule has 0 aliphatic heterocycles. The van der Waals surface area contributed by atoms with Crippen molar-refractivity contribution in [3.63, 3.8) is 0 Å². The lowest BCUT2D eigenvalue weighted by Gasteiger charge is -2.14. The fourth-order valence-corrected chi connectivity index (χ4v) is 3.18. The minimum atomic E-state index is 0.196. The Morgan fingerprint density at radius 2 is 1.79 bits per heavy atom. The smallest absolute Gasteiger partial charge is 0.0647 e. The van der Waals surface area contributed by atoms with Gasteiger partial charge in [-0.1, -0.05) is 71.2 Å². The molecule has 2 aromatic rings. The highest BCUT2D eigenvalue weighted by Crippen LogP contribution is 2.34. The van der Waals surface area contributed by atoms with Gasteiger partial charge < -0.3 is 0 Å². The predicted molar refractivity (Wildman–Crippen MR) is 87.4 cm³/mol. The van der Waals surface area contributed by atoms with Gasteiger partial charge in [-0.3, -0.25) is 0 Å². The maximum atomic E-state index is 6.09. The SMILES string of the molecule is CCCc1ccc(C(Br)c2cc(Cl)ccc2C)cc1. The largest absolute Gasteiger partial charge is 0.0843 e. The first kappa shape index (κ1) is 14.6. The van der Waals surface area contributed by atoms with Crippen molar-refractivity contribution in [1.29, 1.82) is 0 Å². The molecule has 2 rings (SSSR count). The van der Waals surface area contributed by atoms with Gasteiger partial charge in [0.05, 0.1) is 4.83 Å². The summed E-state index contributed by atoms with van der Waals surface area (Å²) in [5.41, 5.74) is 5.15. The van der Waals surface area contributed by atoms with Crippen LogP contribution >= 0.6 is 27.5 Å². The third-order valence-electron chi connectivity index (χ3n) is 3.33. The van der Waals surface area contributed by atoms with Gasteiger partial charge in [-0.2, -0.15) is 0 Å². The van der Waals surface area contributed by atoms with Crippen molar-refractivity contribution in [2.24, 2.45) is 0 Å². The second kappa shape index (κ2) is 6.58. The molecule has 0 saturated heterocycles. The van der Waals surface area contributed by atoms with Gasteiger partial charge in [0.25, 0.3) is 0 Å². The third-order valence-corrected chi connectivity index (χ3v) is 4.58. The van der Waals surface area contributed by atoms with Crippen LogP contribution in [0.2, 0.25) is 5.02 Å². The maximum absolute atomic E-state index is 6.09. The Balaban J connectivity index is 2.27. The van der Waals surface area contributed by atoms with E-state index in [1.165, 1.54) is 28.7 Å². The van der Waals surface area contributed by atoms with Crippen LogP contribution in [-0.2, 0) is 6.42 Å². The zero-order valence-corrected chi connectivity index (χ0v) is 13.6. The highest BCUT2D eigenvalue weighted by molar-refractivity contribution is 9.09. The van der Waals surface area contributed by atoms with Crippen molar-refractivity contribution in [2.45, 2.75) is 31.5 Å². The second-order valence-electron chi connectivity index (χ2n) is 4.86. The molecule has 0 bridgehead atoms. The highest BCUT2D eigenvalue weighted by atomic mass is 79.9. The van der Waals surface area contributed by atoms with Gasteiger partial charge in [-0.05, 0) is 47.7 Å². The maximum Gasteiger partial charge on any atom is 0.0647 e. The minimum absolute atomic E-state index is 0.196. The Kier molecular flexibility index (Phi) is 5.06. The molecule has 2 heteroatoms. The quantitative estimate of drug-likeness (QED) is 0.593. The number of halogens is 2. The Bertz CT molecular complexity index is 546. The molecular weight excluding hydrogens is 320 g/mol. The molecule has 0 aliphatic rings. The molecule has 0 heterocycles. The number of alkyl halides is 1. The van der Waals surface area contributed by atoms with E-state index in [9.17, 15) is 0 Å². The number of rotatable bonds is 4. The first-order valence-electron chi connectivity index (χ1n) is 6.60. The summed E-state index contributed by atoms with van der Waals surface area (Å²) < 4.78 is 0. The first-order valence-corrected chi connectivity index (χ1v) is 7.90. The Labute approximate surface area is 128 Å². The summed E-state index contributed by atoms with van der Waals surface area (Å²) in [6, 6.07) is 14.9. The molecule has 2 aromatic carbocycles. The molecule has 0 fully saturated rings. The summed E-state index contributed by atoms with van der Waals surface area (Å²) in [6.45, 7) is 4.32. The van der Waals surface area contributed by atoms with Crippen molar-refractivity contribution < 1.29 is 0 Å². The van der Waals surface area contributed by atoms with Gasteiger partial charge in [0.1, 0.15) is 0 Å². The average Bonchev–Trinajstić information content (AvgIpc) is 2.42. The van der Waals surface area contributed by atoms with Crippen molar-refractivity contribution in [2.75, 3.05) is 0 Å². The van der Waals surface area contributed by atoms with Crippen molar-refractivity contribution in [1.82, 2.24) is 0 Å². The third kappa shape index (κ3) is 3.61. The van der Waals surface area contributed by atoms with Gasteiger partial charge in [-0.25, -0.2) is 0 Å². The molecule has 0 nitrogen and oxygen atoms in total. The molecule has 0 N–H and O–H groups in total. The van der Waals surface area contributed by atoms with Crippen LogP contribution in [0.25, 0.3) is 0 Å². The van der Waals surface area contributed by atoms with Crippen molar-refractivity contribution >= 4 is 27.5 Å². The summed E-state index contributed by atoms with van der Waals surface area (Å²) >= 11 is 9.88. The summed E-state index contributed by atoms with van der Waals surface area (Å²) in [7, 11) is 0. The molecule has 0 aliphatic carbocycles. The van der Waals surface area contributed by atoms with E-state index in [2.05, 4.69) is 60.1 Å². The lowest BCUT2D eigenvalue weighted by Crippen LogP contribution is -1.96. The normalized spacial score (nSPS) is 12.4. The van der Waals surface area contributed by atoms with E-state index in [0.29, 0.717) is 0 Å². The van der Waals surface area contributed by atoms with E-state index < -0.39 is 0 Å². The standard InChI is InChI=1S/C17H18BrCl/c1-3-4-13-6-8-14(9-7-13)17(18)16-11-15(19)10-5-12(16)2/h5-11,17H,3-4H2,1-2H3. The molecule has 0 radical (unpaired) electrons. The van der Waals surface area contributed by atoms with Crippen LogP contribution in [0, 0.1) is 6.92 Å². The molecular formula is C17H18BrCl. The summed E-state index contributed by atoms with van der Waals surface area (Å²) in [5.74, 6) is 0. The fraction of sp³-hybridized carbons (Fsp3) is 0.294. The Morgan fingerprint density at radius 3 is 2.42 bits per heavy atom. The number of aryl methyl sites for hydroxylation is 2. The van der Waals surface area contributed by atoms with E-state index in [-0.39, 0.29) is 4.83 Å². The van der Waals surface area contributed by atoms with Crippen LogP contribution < -0.4 is 0 Å². The average molecular weight is 338 g/mol. The lowest BCUT2D eigenvalue weighted by atomic mass is 9.99. The van der Waals surface area contributed by atoms with Crippen molar-refractivity contribution in [3.8, 4) is 0 Å². The van der Waals surface area contributed by atoms with E-state index in [1.807, 2.05) is 12.1 Å². The molecule has 0 spiro atoms. The monoisotopic (exact) mass is 336 g/mol. The van der Waals surface area contributed by atoms with E-state index in [0.717, 1.165) is 11.4 Å². The topological polar surface area (TPSA) is 0 Å². The molecule has 0 amide bonds. The van der Waals surface area contributed by atoms with Crippen molar-refractivity contribution in [3.05, 3.63) is 69.7 Å². The highest BCUT2D eigenvalue weighted by Gasteiger charge is 2.13. The summed E-state index contributed by atoms with van der Waals surface area (Å²) in [6.07, 6.45) is 2.33. The number of hydrogen-bond acceptors (Lipinski definition) is 0. The van der Waals surface area contributed by atoms with Gasteiger partial charge in [0.2, 0.25) is 0 Å². The molecule has 1 unspecified atom stereocenters. The van der Waals surface area contributed by atoms with E-state index in [4.69, 9.17) is 11.6 Å². The molecule has 0 aromatic heterocycles. The second-order valence-corrected chi connectivity index (χ2v) is 6.21. The first-order chi connectivity index (χ1) is 9.11. The summed E-state index contributed by atoms with van der Waals surface area (Å²) in [5, 5.41) is 0.785. The predicted octanol–water partition coefficient (Wildman–Crippen LogP) is 6.09. The van der Waals surface area contributed by atoms with Crippen LogP contribution in [0.15, 0.2) is 42.5 Å². The van der Waals surface area contributed by atoms with Gasteiger partial charge in [-0.15, -0.1) is 0 Å². The molecule has 0 saturated carbocycles. The van der Waals surface area contributed by atoms with E-state index in [1.54, 1.807) is 0 Å². The lowest BCUT2D eigenvalue weighted by molar-refractivity contribution is 0.920. The Morgan fingerprint density at radius 1 is 1.11 bits per heavy atom. The molecule has 19 heavy (non-hydrogen) atoms. The van der Waals surface area contributed by atoms with Crippen LogP contribution in [0.4, 0.5) is 0 Å². The van der Waals surface area contributed by atoms with Crippen LogP contribution in [-0.4, -0.2) is 0 Å². The zero-order chi connectivity index (χ0) is 13.8. The van der Waals surface area contributed by atoms with Gasteiger partial charge >= 0.3 is 0 Å². The van der Waals surface area contributed by atoms with E-state index >= 15 is 0 Å².